The Hall–Kier alpha value is -3.35. The van der Waals surface area contributed by atoms with Crippen LogP contribution in [0.2, 0.25) is 0 Å². The number of ether oxygens (including phenoxy) is 1. The molecule has 2 amide bonds. The molecule has 0 radical (unpaired) electrons. The number of esters is 1. The van der Waals surface area contributed by atoms with Crippen LogP contribution >= 0.6 is 0 Å². The van der Waals surface area contributed by atoms with Crippen LogP contribution in [0.15, 0.2) is 36.4 Å². The lowest BCUT2D eigenvalue weighted by atomic mass is 10.0. The highest BCUT2D eigenvalue weighted by Crippen LogP contribution is 2.30. The van der Waals surface area contributed by atoms with Crippen LogP contribution in [0.5, 0.6) is 0 Å². The largest absolute Gasteiger partial charge is 0.462 e. The molecule has 0 bridgehead atoms. The number of hydrogen-bond donors (Lipinski definition) is 3. The van der Waals surface area contributed by atoms with Gasteiger partial charge in [0.05, 0.1) is 35.7 Å². The predicted molar refractivity (Wildman–Crippen MR) is 108 cm³/mol. The van der Waals surface area contributed by atoms with Crippen LogP contribution in [-0.2, 0) is 14.3 Å². The van der Waals surface area contributed by atoms with E-state index in [4.69, 9.17) is 4.74 Å². The van der Waals surface area contributed by atoms with Crippen molar-refractivity contribution in [2.75, 3.05) is 22.6 Å². The minimum atomic E-state index is -0.704. The zero-order valence-electron chi connectivity index (χ0n) is 16.1. The number of nitrogens with one attached hydrogen (secondary N) is 3. The Morgan fingerprint density at radius 2 is 1.79 bits per heavy atom. The third-order valence-electron chi connectivity index (χ3n) is 4.62. The van der Waals surface area contributed by atoms with Crippen molar-refractivity contribution in [3.05, 3.63) is 53.1 Å². The molecule has 2 aromatic rings. The van der Waals surface area contributed by atoms with Crippen molar-refractivity contribution in [3.63, 3.8) is 0 Å². The summed E-state index contributed by atoms with van der Waals surface area (Å²) < 4.78 is 5.01. The monoisotopic (exact) mass is 381 g/mol. The van der Waals surface area contributed by atoms with Gasteiger partial charge in [-0.3, -0.25) is 9.59 Å². The second kappa shape index (κ2) is 8.12. The van der Waals surface area contributed by atoms with Gasteiger partial charge in [0, 0.05) is 0 Å². The van der Waals surface area contributed by atoms with Gasteiger partial charge in [-0.1, -0.05) is 12.1 Å². The van der Waals surface area contributed by atoms with E-state index < -0.39 is 12.0 Å². The van der Waals surface area contributed by atoms with Gasteiger partial charge in [0.1, 0.15) is 6.04 Å². The first-order valence-electron chi connectivity index (χ1n) is 9.13. The van der Waals surface area contributed by atoms with Crippen LogP contribution in [0.1, 0.15) is 34.8 Å². The predicted octanol–water partition coefficient (Wildman–Crippen LogP) is 3.24. The Morgan fingerprint density at radius 3 is 2.50 bits per heavy atom. The highest BCUT2D eigenvalue weighted by Gasteiger charge is 2.28. The molecule has 146 valence electrons. The molecule has 0 saturated carbocycles. The van der Waals surface area contributed by atoms with Crippen molar-refractivity contribution in [1.82, 2.24) is 0 Å². The third kappa shape index (κ3) is 4.14. The summed E-state index contributed by atoms with van der Waals surface area (Å²) in [6.07, 6.45) is -0.0741. The number of para-hydroxylation sites is 1. The molecule has 28 heavy (non-hydrogen) atoms. The van der Waals surface area contributed by atoms with E-state index in [0.717, 1.165) is 16.8 Å². The molecule has 0 unspecified atom stereocenters. The molecular formula is C21H23N3O4. The number of carbonyl (C=O) groups excluding carboxylic acids is 3. The number of anilines is 3. The van der Waals surface area contributed by atoms with Gasteiger partial charge < -0.3 is 20.7 Å². The van der Waals surface area contributed by atoms with Crippen molar-refractivity contribution < 1.29 is 19.1 Å². The first-order chi connectivity index (χ1) is 13.4. The normalized spacial score (nSPS) is 15.1. The fourth-order valence-electron chi connectivity index (χ4n) is 3.02. The van der Waals surface area contributed by atoms with E-state index in [1.807, 2.05) is 26.0 Å². The lowest BCUT2D eigenvalue weighted by molar-refractivity contribution is -0.122. The Morgan fingerprint density at radius 1 is 1.11 bits per heavy atom. The van der Waals surface area contributed by atoms with Gasteiger partial charge in [-0.25, -0.2) is 4.79 Å². The Kier molecular flexibility index (Phi) is 5.63. The van der Waals surface area contributed by atoms with Crippen LogP contribution in [0, 0.1) is 13.8 Å². The van der Waals surface area contributed by atoms with Crippen LogP contribution in [0.3, 0.4) is 0 Å². The quantitative estimate of drug-likeness (QED) is 0.691. The van der Waals surface area contributed by atoms with Gasteiger partial charge in [0.15, 0.2) is 0 Å². The maximum Gasteiger partial charge on any atom is 0.340 e. The van der Waals surface area contributed by atoms with Crippen molar-refractivity contribution in [1.29, 1.82) is 0 Å². The number of hydrogen-bond acceptors (Lipinski definition) is 5. The molecule has 0 spiro atoms. The van der Waals surface area contributed by atoms with Crippen LogP contribution in [0.4, 0.5) is 17.1 Å². The molecule has 0 aromatic heterocycles. The smallest absolute Gasteiger partial charge is 0.340 e. The number of amides is 2. The number of aryl methyl sites for hydroxylation is 2. The lowest BCUT2D eigenvalue weighted by Gasteiger charge is -2.27. The molecule has 1 heterocycles. The summed E-state index contributed by atoms with van der Waals surface area (Å²) in [4.78, 5) is 36.9. The van der Waals surface area contributed by atoms with Crippen LogP contribution in [0.25, 0.3) is 0 Å². The van der Waals surface area contributed by atoms with Gasteiger partial charge in [0.25, 0.3) is 0 Å². The minimum absolute atomic E-state index is 0.0741. The van der Waals surface area contributed by atoms with Gasteiger partial charge in [-0.15, -0.1) is 0 Å². The molecule has 7 heteroatoms. The molecule has 1 aliphatic rings. The van der Waals surface area contributed by atoms with Crippen molar-refractivity contribution in [2.24, 2.45) is 0 Å². The number of fused-ring (bicyclic) bond motifs is 1. The summed E-state index contributed by atoms with van der Waals surface area (Å²) in [5, 5.41) is 8.67. The first kappa shape index (κ1) is 19.4. The number of rotatable bonds is 5. The zero-order valence-corrected chi connectivity index (χ0v) is 16.1. The average molecular weight is 381 g/mol. The highest BCUT2D eigenvalue weighted by atomic mass is 16.5. The molecule has 0 fully saturated rings. The summed E-state index contributed by atoms with van der Waals surface area (Å²) in [6.45, 7) is 5.92. The minimum Gasteiger partial charge on any atom is -0.462 e. The van der Waals surface area contributed by atoms with Crippen molar-refractivity contribution in [3.8, 4) is 0 Å². The van der Waals surface area contributed by atoms with E-state index in [-0.39, 0.29) is 30.4 Å². The molecule has 7 nitrogen and oxygen atoms in total. The van der Waals surface area contributed by atoms with Gasteiger partial charge in [0.2, 0.25) is 11.8 Å². The lowest BCUT2D eigenvalue weighted by Crippen LogP contribution is -2.41. The Bertz CT molecular complexity index is 939. The van der Waals surface area contributed by atoms with E-state index >= 15 is 0 Å². The second-order valence-electron chi connectivity index (χ2n) is 6.69. The topological polar surface area (TPSA) is 96.5 Å². The summed E-state index contributed by atoms with van der Waals surface area (Å²) in [7, 11) is 0. The second-order valence-corrected chi connectivity index (χ2v) is 6.69. The zero-order chi connectivity index (χ0) is 20.3. The van der Waals surface area contributed by atoms with E-state index in [1.54, 1.807) is 31.2 Å². The molecule has 1 atom stereocenters. The van der Waals surface area contributed by atoms with Gasteiger partial charge in [-0.05, 0) is 56.2 Å². The van der Waals surface area contributed by atoms with Crippen LogP contribution < -0.4 is 16.0 Å². The summed E-state index contributed by atoms with van der Waals surface area (Å²) in [5.41, 5.74) is 4.29. The van der Waals surface area contributed by atoms with Crippen molar-refractivity contribution >= 4 is 34.8 Å². The molecule has 1 aliphatic heterocycles. The molecule has 3 rings (SSSR count). The van der Waals surface area contributed by atoms with Gasteiger partial charge in [-0.2, -0.15) is 0 Å². The SMILES string of the molecule is CCOC(=O)c1ccccc1NC(=O)C[C@H]1Nc2cc(C)c(C)cc2NC1=O. The maximum atomic E-state index is 12.5. The molecule has 2 aromatic carbocycles. The highest BCUT2D eigenvalue weighted by molar-refractivity contribution is 6.07. The summed E-state index contributed by atoms with van der Waals surface area (Å²) in [5.74, 6) is -1.16. The van der Waals surface area contributed by atoms with E-state index in [0.29, 0.717) is 11.4 Å². The maximum absolute atomic E-state index is 12.5. The van der Waals surface area contributed by atoms with Crippen LogP contribution in [-0.4, -0.2) is 30.4 Å². The molecule has 0 aliphatic carbocycles. The summed E-state index contributed by atoms with van der Waals surface area (Å²) in [6, 6.07) is 9.77. The van der Waals surface area contributed by atoms with E-state index in [1.165, 1.54) is 0 Å². The van der Waals surface area contributed by atoms with Crippen molar-refractivity contribution in [2.45, 2.75) is 33.2 Å². The molecule has 3 N–H and O–H groups in total. The van der Waals surface area contributed by atoms with Gasteiger partial charge >= 0.3 is 5.97 Å². The average Bonchev–Trinajstić information content (AvgIpc) is 2.65. The fourth-order valence-corrected chi connectivity index (χ4v) is 3.02. The Labute approximate surface area is 163 Å². The fraction of sp³-hybridized carbons (Fsp3) is 0.286. The summed E-state index contributed by atoms with van der Waals surface area (Å²) >= 11 is 0. The number of carbonyl (C=O) groups is 3. The molecular weight excluding hydrogens is 358 g/mol. The third-order valence-corrected chi connectivity index (χ3v) is 4.62. The molecule has 0 saturated heterocycles. The standard InChI is InChI=1S/C21H23N3O4/c1-4-28-21(27)14-7-5-6-8-15(14)23-19(25)11-18-20(26)24-17-10-13(3)12(2)9-16(17)22-18/h5-10,18,22H,4,11H2,1-3H3,(H,23,25)(H,24,26)/t18-/m1/s1. The Balaban J connectivity index is 1.71. The van der Waals surface area contributed by atoms with E-state index in [2.05, 4.69) is 16.0 Å². The number of benzene rings is 2. The van der Waals surface area contributed by atoms with E-state index in [9.17, 15) is 14.4 Å². The first-order valence-corrected chi connectivity index (χ1v) is 9.13.